The first-order valence-corrected chi connectivity index (χ1v) is 4.57. The molecule has 0 radical (unpaired) electrons. The first-order chi connectivity index (χ1) is 5.08. The Hall–Kier alpha value is -0.260. The predicted molar refractivity (Wildman–Crippen MR) is 50.2 cm³/mol. The highest BCUT2D eigenvalue weighted by Crippen LogP contribution is 2.30. The number of rotatable bonds is 1. The summed E-state index contributed by atoms with van der Waals surface area (Å²) in [7, 11) is 0. The minimum Gasteiger partial charge on any atom is -0.368 e. The van der Waals surface area contributed by atoms with Crippen LogP contribution in [0.1, 0.15) is 0 Å². The lowest BCUT2D eigenvalue weighted by molar-refractivity contribution is 0.713. The van der Waals surface area contributed by atoms with Gasteiger partial charge in [-0.1, -0.05) is 11.6 Å². The highest BCUT2D eigenvalue weighted by molar-refractivity contribution is 8.02. The third kappa shape index (κ3) is 1.66. The van der Waals surface area contributed by atoms with E-state index < -0.39 is 10.4 Å². The quantitative estimate of drug-likeness (QED) is 0.573. The molecule has 0 saturated heterocycles. The molecule has 6 heteroatoms. The Kier molecular flexibility index (Phi) is 2.41. The first kappa shape index (κ1) is 8.83. The van der Waals surface area contributed by atoms with Crippen molar-refractivity contribution in [3.8, 4) is 0 Å². The molecule has 1 heterocycles. The van der Waals surface area contributed by atoms with Crippen molar-refractivity contribution in [2.45, 2.75) is 10.4 Å². The zero-order chi connectivity index (χ0) is 8.48. The third-order valence-corrected chi connectivity index (χ3v) is 3.12. The molecule has 11 heavy (non-hydrogen) atoms. The zero-order valence-corrected chi connectivity index (χ0v) is 7.56. The molecule has 0 aliphatic carbocycles. The van der Waals surface area contributed by atoms with Crippen molar-refractivity contribution in [1.82, 2.24) is 0 Å². The lowest BCUT2D eigenvalue weighted by Crippen LogP contribution is -2.44. The molecule has 0 amide bonds. The molecule has 2 unspecified atom stereocenters. The number of thioether (sulfide) groups is 1. The highest BCUT2D eigenvalue weighted by atomic mass is 35.5. The summed E-state index contributed by atoms with van der Waals surface area (Å²) in [5, 5.41) is 0. The molecule has 62 valence electrons. The van der Waals surface area contributed by atoms with Crippen LogP contribution in [0, 0.1) is 0 Å². The normalized spacial score (nSPS) is 37.0. The van der Waals surface area contributed by atoms with Gasteiger partial charge in [-0.25, -0.2) is 9.98 Å². The summed E-state index contributed by atoms with van der Waals surface area (Å²) in [6, 6.07) is 0. The van der Waals surface area contributed by atoms with Crippen LogP contribution < -0.4 is 11.5 Å². The number of aliphatic imine (C=N–C) groups is 2. The van der Waals surface area contributed by atoms with E-state index in [1.165, 1.54) is 18.0 Å². The maximum Gasteiger partial charge on any atom is 0.216 e. The average molecular weight is 193 g/mol. The second-order valence-corrected chi connectivity index (χ2v) is 4.03. The Morgan fingerprint density at radius 1 is 1.82 bits per heavy atom. The Balaban J connectivity index is 2.84. The number of alkyl halides is 1. The van der Waals surface area contributed by atoms with Gasteiger partial charge >= 0.3 is 0 Å². The van der Waals surface area contributed by atoms with E-state index in [0.717, 1.165) is 0 Å². The molecule has 1 rings (SSSR count). The van der Waals surface area contributed by atoms with Crippen LogP contribution in [0.15, 0.2) is 9.98 Å². The van der Waals surface area contributed by atoms with E-state index in [2.05, 4.69) is 9.98 Å². The largest absolute Gasteiger partial charge is 0.368 e. The fourth-order valence-electron chi connectivity index (χ4n) is 0.668. The smallest absolute Gasteiger partial charge is 0.216 e. The summed E-state index contributed by atoms with van der Waals surface area (Å²) in [4.78, 5) is 7.60. The van der Waals surface area contributed by atoms with Crippen molar-refractivity contribution in [1.29, 1.82) is 0 Å². The molecule has 0 saturated carbocycles. The molecule has 1 aliphatic rings. The van der Waals surface area contributed by atoms with E-state index in [1.54, 1.807) is 0 Å². The summed E-state index contributed by atoms with van der Waals surface area (Å²) in [6.07, 6.45) is 2.85. The zero-order valence-electron chi connectivity index (χ0n) is 5.99. The van der Waals surface area contributed by atoms with Crippen LogP contribution in [0.5, 0.6) is 0 Å². The topological polar surface area (TPSA) is 76.8 Å². The number of nitrogens with two attached hydrogens (primary N) is 2. The summed E-state index contributed by atoms with van der Waals surface area (Å²) in [5.74, 6) is 0.183. The second kappa shape index (κ2) is 3.00. The van der Waals surface area contributed by atoms with Crippen LogP contribution in [0.2, 0.25) is 0 Å². The van der Waals surface area contributed by atoms with Crippen LogP contribution in [0.4, 0.5) is 0 Å². The fourth-order valence-corrected chi connectivity index (χ4v) is 1.22. The third-order valence-electron chi connectivity index (χ3n) is 1.36. The van der Waals surface area contributed by atoms with Gasteiger partial charge in [0.1, 0.15) is 6.17 Å². The average Bonchev–Trinajstić information content (AvgIpc) is 1.98. The van der Waals surface area contributed by atoms with Gasteiger partial charge in [-0.3, -0.25) is 0 Å². The minimum absolute atomic E-state index is 0.183. The van der Waals surface area contributed by atoms with Crippen LogP contribution in [0.25, 0.3) is 0 Å². The molecule has 0 bridgehead atoms. The highest BCUT2D eigenvalue weighted by Gasteiger charge is 2.34. The number of hydrogen-bond donors (Lipinski definition) is 2. The molecular weight excluding hydrogens is 184 g/mol. The Morgan fingerprint density at radius 2 is 2.45 bits per heavy atom. The lowest BCUT2D eigenvalue weighted by Gasteiger charge is -2.26. The van der Waals surface area contributed by atoms with Gasteiger partial charge in [0, 0.05) is 6.21 Å². The molecule has 2 atom stereocenters. The van der Waals surface area contributed by atoms with E-state index in [0.29, 0.717) is 0 Å². The van der Waals surface area contributed by atoms with Gasteiger partial charge in [0.15, 0.2) is 4.21 Å². The van der Waals surface area contributed by atoms with E-state index in [-0.39, 0.29) is 5.96 Å². The maximum absolute atomic E-state index is 6.00. The van der Waals surface area contributed by atoms with Gasteiger partial charge in [0.05, 0.1) is 0 Å². The first-order valence-electron chi connectivity index (χ1n) is 2.96. The van der Waals surface area contributed by atoms with E-state index in [9.17, 15) is 0 Å². The van der Waals surface area contributed by atoms with Crippen molar-refractivity contribution in [3.63, 3.8) is 0 Å². The molecule has 0 aromatic heterocycles. The van der Waals surface area contributed by atoms with Gasteiger partial charge in [0.2, 0.25) is 5.96 Å². The van der Waals surface area contributed by atoms with Crippen molar-refractivity contribution in [2.24, 2.45) is 21.5 Å². The maximum atomic E-state index is 6.00. The molecule has 0 aromatic carbocycles. The van der Waals surface area contributed by atoms with Crippen LogP contribution in [0.3, 0.4) is 0 Å². The van der Waals surface area contributed by atoms with Crippen LogP contribution >= 0.6 is 23.4 Å². The SMILES string of the molecule is CSC1(Cl)C=NC(N)=NC1N. The molecule has 0 fully saturated rings. The summed E-state index contributed by atoms with van der Waals surface area (Å²) < 4.78 is -0.733. The van der Waals surface area contributed by atoms with Crippen molar-refractivity contribution in [2.75, 3.05) is 6.26 Å². The minimum atomic E-state index is -0.733. The monoisotopic (exact) mass is 192 g/mol. The standard InChI is InChI=1S/C5H9ClN4S/c1-11-5(6)2-9-4(8)10-3(5)7/h2-3H,7H2,1H3,(H2,8,10). The molecule has 0 spiro atoms. The number of nitrogens with zero attached hydrogens (tertiary/aromatic N) is 2. The van der Waals surface area contributed by atoms with Crippen molar-refractivity contribution >= 4 is 35.5 Å². The van der Waals surface area contributed by atoms with Gasteiger partial charge in [0.25, 0.3) is 0 Å². The van der Waals surface area contributed by atoms with E-state index >= 15 is 0 Å². The molecule has 0 aromatic rings. The predicted octanol–water partition coefficient (Wildman–Crippen LogP) is -0.0316. The van der Waals surface area contributed by atoms with Crippen molar-refractivity contribution < 1.29 is 0 Å². The summed E-state index contributed by atoms with van der Waals surface area (Å²) in [6.45, 7) is 0. The molecule has 1 aliphatic heterocycles. The van der Waals surface area contributed by atoms with Crippen LogP contribution in [-0.4, -0.2) is 28.8 Å². The van der Waals surface area contributed by atoms with Gasteiger partial charge in [-0.2, -0.15) is 0 Å². The van der Waals surface area contributed by atoms with E-state index in [4.69, 9.17) is 23.1 Å². The molecule has 4 N–H and O–H groups in total. The van der Waals surface area contributed by atoms with Crippen molar-refractivity contribution in [3.05, 3.63) is 0 Å². The second-order valence-electron chi connectivity index (χ2n) is 2.09. The van der Waals surface area contributed by atoms with Crippen LogP contribution in [-0.2, 0) is 0 Å². The Labute approximate surface area is 74.1 Å². The fraction of sp³-hybridized carbons (Fsp3) is 0.600. The molecule has 4 nitrogen and oxygen atoms in total. The van der Waals surface area contributed by atoms with E-state index in [1.807, 2.05) is 6.26 Å². The lowest BCUT2D eigenvalue weighted by atomic mass is 10.3. The van der Waals surface area contributed by atoms with Gasteiger partial charge < -0.3 is 11.5 Å². The number of hydrogen-bond acceptors (Lipinski definition) is 5. The van der Waals surface area contributed by atoms with Gasteiger partial charge in [-0.15, -0.1) is 11.8 Å². The number of halogens is 1. The Bertz CT molecular complexity index is 217. The number of guanidine groups is 1. The Morgan fingerprint density at radius 3 is 2.91 bits per heavy atom. The summed E-state index contributed by atoms with van der Waals surface area (Å²) >= 11 is 7.39. The summed E-state index contributed by atoms with van der Waals surface area (Å²) in [5.41, 5.74) is 10.9. The molecular formula is C5H9ClN4S. The van der Waals surface area contributed by atoms with Gasteiger partial charge in [-0.05, 0) is 6.26 Å².